The first kappa shape index (κ1) is 10.2. The van der Waals surface area contributed by atoms with E-state index >= 15 is 0 Å². The zero-order valence-corrected chi connectivity index (χ0v) is 9.12. The molecule has 1 N–H and O–H groups in total. The van der Waals surface area contributed by atoms with E-state index < -0.39 is 0 Å². The molecule has 4 heteroatoms. The fourth-order valence-electron chi connectivity index (χ4n) is 1.46. The Balaban J connectivity index is 2.62. The highest BCUT2D eigenvalue weighted by Crippen LogP contribution is 2.24. The van der Waals surface area contributed by atoms with Crippen molar-refractivity contribution in [3.63, 3.8) is 0 Å². The van der Waals surface area contributed by atoms with E-state index in [1.54, 1.807) is 18.2 Å². The van der Waals surface area contributed by atoms with E-state index in [2.05, 4.69) is 16.9 Å². The van der Waals surface area contributed by atoms with Crippen molar-refractivity contribution < 1.29 is 5.11 Å². The number of aromatic nitrogens is 2. The third-order valence-corrected chi connectivity index (χ3v) is 2.44. The summed E-state index contributed by atoms with van der Waals surface area (Å²) in [7, 11) is 0. The van der Waals surface area contributed by atoms with Gasteiger partial charge in [-0.3, -0.25) is 0 Å². The third kappa shape index (κ3) is 2.02. The number of hydrogen-bond donors (Lipinski definition) is 1. The van der Waals surface area contributed by atoms with Crippen LogP contribution in [0.2, 0.25) is 5.15 Å². The van der Waals surface area contributed by atoms with Gasteiger partial charge in [0.15, 0.2) is 0 Å². The van der Waals surface area contributed by atoms with Crippen molar-refractivity contribution in [3.8, 4) is 5.75 Å². The van der Waals surface area contributed by atoms with E-state index in [1.807, 2.05) is 0 Å². The molecule has 0 amide bonds. The van der Waals surface area contributed by atoms with Crippen LogP contribution in [0.1, 0.15) is 19.2 Å². The predicted molar refractivity (Wildman–Crippen MR) is 60.2 cm³/mol. The molecule has 3 nitrogen and oxygen atoms in total. The summed E-state index contributed by atoms with van der Waals surface area (Å²) < 4.78 is 0. The topological polar surface area (TPSA) is 46.0 Å². The number of phenolic OH excluding ortho intramolecular Hbond substituents is 1. The normalized spacial score (nSPS) is 10.8. The molecule has 0 saturated carbocycles. The molecule has 0 unspecified atom stereocenters. The Kier molecular flexibility index (Phi) is 2.73. The summed E-state index contributed by atoms with van der Waals surface area (Å²) in [6, 6.07) is 4.92. The van der Waals surface area contributed by atoms with E-state index in [4.69, 9.17) is 11.6 Å². The lowest BCUT2D eigenvalue weighted by Gasteiger charge is -2.03. The molecule has 0 saturated heterocycles. The standard InChI is InChI=1S/C11H11ClN2O/c1-2-3-10-13-9-5-4-7(15)6-8(9)11(12)14-10/h4-6,15H,2-3H2,1H3. The van der Waals surface area contributed by atoms with Gasteiger partial charge in [-0.1, -0.05) is 18.5 Å². The lowest BCUT2D eigenvalue weighted by molar-refractivity contribution is 0.476. The van der Waals surface area contributed by atoms with Gasteiger partial charge >= 0.3 is 0 Å². The van der Waals surface area contributed by atoms with Crippen LogP contribution in [0.15, 0.2) is 18.2 Å². The van der Waals surface area contributed by atoms with Gasteiger partial charge < -0.3 is 5.11 Å². The molecular formula is C11H11ClN2O. The van der Waals surface area contributed by atoms with Crippen molar-refractivity contribution in [1.29, 1.82) is 0 Å². The van der Waals surface area contributed by atoms with Crippen LogP contribution in [0.3, 0.4) is 0 Å². The minimum atomic E-state index is 0.177. The maximum atomic E-state index is 9.31. The molecule has 0 aliphatic rings. The quantitative estimate of drug-likeness (QED) is 0.795. The largest absolute Gasteiger partial charge is 0.508 e. The van der Waals surface area contributed by atoms with E-state index in [1.165, 1.54) is 0 Å². The number of rotatable bonds is 2. The highest BCUT2D eigenvalue weighted by atomic mass is 35.5. The van der Waals surface area contributed by atoms with Crippen molar-refractivity contribution in [3.05, 3.63) is 29.2 Å². The van der Waals surface area contributed by atoms with Crippen LogP contribution in [0.4, 0.5) is 0 Å². The Morgan fingerprint density at radius 1 is 1.33 bits per heavy atom. The van der Waals surface area contributed by atoms with E-state index in [0.717, 1.165) is 24.2 Å². The molecule has 0 radical (unpaired) electrons. The number of nitrogens with zero attached hydrogens (tertiary/aromatic N) is 2. The van der Waals surface area contributed by atoms with Gasteiger partial charge in [-0.15, -0.1) is 0 Å². The fourth-order valence-corrected chi connectivity index (χ4v) is 1.71. The van der Waals surface area contributed by atoms with Crippen LogP contribution in [0.25, 0.3) is 10.9 Å². The molecule has 0 fully saturated rings. The number of halogens is 1. The fraction of sp³-hybridized carbons (Fsp3) is 0.273. The van der Waals surface area contributed by atoms with Crippen LogP contribution >= 0.6 is 11.6 Å². The second-order valence-electron chi connectivity index (χ2n) is 3.38. The summed E-state index contributed by atoms with van der Waals surface area (Å²) in [5, 5.41) is 10.4. The lowest BCUT2D eigenvalue weighted by atomic mass is 10.2. The molecule has 1 aromatic heterocycles. The second kappa shape index (κ2) is 4.03. The summed E-state index contributed by atoms with van der Waals surface area (Å²) >= 11 is 6.01. The molecule has 0 bridgehead atoms. The molecule has 0 spiro atoms. The Hall–Kier alpha value is -1.35. The molecule has 2 aromatic rings. The summed E-state index contributed by atoms with van der Waals surface area (Å²) in [5.74, 6) is 0.928. The van der Waals surface area contributed by atoms with Crippen molar-refractivity contribution in [2.75, 3.05) is 0 Å². The molecule has 2 rings (SSSR count). The van der Waals surface area contributed by atoms with Crippen LogP contribution in [0.5, 0.6) is 5.75 Å². The van der Waals surface area contributed by atoms with Gasteiger partial charge in [0.05, 0.1) is 5.52 Å². The molecule has 15 heavy (non-hydrogen) atoms. The maximum Gasteiger partial charge on any atom is 0.140 e. The third-order valence-electron chi connectivity index (χ3n) is 2.15. The Labute approximate surface area is 92.7 Å². The maximum absolute atomic E-state index is 9.31. The first-order chi connectivity index (χ1) is 7.20. The van der Waals surface area contributed by atoms with Gasteiger partial charge in [0, 0.05) is 11.8 Å². The minimum absolute atomic E-state index is 0.177. The van der Waals surface area contributed by atoms with Gasteiger partial charge in [-0.05, 0) is 24.6 Å². The zero-order valence-electron chi connectivity index (χ0n) is 8.37. The second-order valence-corrected chi connectivity index (χ2v) is 3.74. The summed E-state index contributed by atoms with van der Waals surface area (Å²) in [4.78, 5) is 8.54. The van der Waals surface area contributed by atoms with Gasteiger partial charge in [-0.2, -0.15) is 0 Å². The minimum Gasteiger partial charge on any atom is -0.508 e. The molecule has 0 atom stereocenters. The van der Waals surface area contributed by atoms with Crippen LogP contribution in [0, 0.1) is 0 Å². The Bertz CT molecular complexity index is 499. The molecule has 0 aliphatic carbocycles. The average molecular weight is 223 g/mol. The zero-order chi connectivity index (χ0) is 10.8. The van der Waals surface area contributed by atoms with E-state index in [9.17, 15) is 5.11 Å². The number of aryl methyl sites for hydroxylation is 1. The summed E-state index contributed by atoms with van der Waals surface area (Å²) in [6.45, 7) is 2.07. The van der Waals surface area contributed by atoms with Crippen molar-refractivity contribution in [2.45, 2.75) is 19.8 Å². The lowest BCUT2D eigenvalue weighted by Crippen LogP contribution is -1.95. The Morgan fingerprint density at radius 3 is 2.87 bits per heavy atom. The highest BCUT2D eigenvalue weighted by Gasteiger charge is 2.05. The number of benzene rings is 1. The van der Waals surface area contributed by atoms with Crippen LogP contribution < -0.4 is 0 Å². The Morgan fingerprint density at radius 2 is 2.13 bits per heavy atom. The first-order valence-corrected chi connectivity index (χ1v) is 5.23. The van der Waals surface area contributed by atoms with Gasteiger partial charge in [0.1, 0.15) is 16.7 Å². The van der Waals surface area contributed by atoms with Gasteiger partial charge in [0.2, 0.25) is 0 Å². The van der Waals surface area contributed by atoms with Crippen LogP contribution in [-0.2, 0) is 6.42 Å². The number of fused-ring (bicyclic) bond motifs is 1. The number of phenols is 1. The summed E-state index contributed by atoms with van der Waals surface area (Å²) in [5.41, 5.74) is 0.774. The molecule has 0 aliphatic heterocycles. The number of hydrogen-bond acceptors (Lipinski definition) is 3. The predicted octanol–water partition coefficient (Wildman–Crippen LogP) is 2.94. The van der Waals surface area contributed by atoms with Gasteiger partial charge in [0.25, 0.3) is 0 Å². The SMILES string of the molecule is CCCc1nc(Cl)c2cc(O)ccc2n1. The summed E-state index contributed by atoms with van der Waals surface area (Å²) in [6.07, 6.45) is 1.80. The highest BCUT2D eigenvalue weighted by molar-refractivity contribution is 6.34. The monoisotopic (exact) mass is 222 g/mol. The van der Waals surface area contributed by atoms with Crippen molar-refractivity contribution >= 4 is 22.5 Å². The first-order valence-electron chi connectivity index (χ1n) is 4.86. The molecular weight excluding hydrogens is 212 g/mol. The van der Waals surface area contributed by atoms with E-state index in [0.29, 0.717) is 10.5 Å². The number of aromatic hydroxyl groups is 1. The van der Waals surface area contributed by atoms with Crippen molar-refractivity contribution in [2.24, 2.45) is 0 Å². The van der Waals surface area contributed by atoms with Crippen molar-refractivity contribution in [1.82, 2.24) is 9.97 Å². The molecule has 78 valence electrons. The van der Waals surface area contributed by atoms with E-state index in [-0.39, 0.29) is 5.75 Å². The smallest absolute Gasteiger partial charge is 0.140 e. The van der Waals surface area contributed by atoms with Gasteiger partial charge in [-0.25, -0.2) is 9.97 Å². The van der Waals surface area contributed by atoms with Crippen LogP contribution in [-0.4, -0.2) is 15.1 Å². The molecule has 1 heterocycles. The molecule has 1 aromatic carbocycles. The average Bonchev–Trinajstić information content (AvgIpc) is 2.20.